The number of amides is 1. The fourth-order valence-corrected chi connectivity index (χ4v) is 3.13. The first-order valence-corrected chi connectivity index (χ1v) is 7.74. The Labute approximate surface area is 134 Å². The first-order chi connectivity index (χ1) is 11.2. The van der Waals surface area contributed by atoms with Crippen molar-refractivity contribution in [1.82, 2.24) is 4.90 Å². The first kappa shape index (κ1) is 15.2. The Morgan fingerprint density at radius 1 is 1.00 bits per heavy atom. The van der Waals surface area contributed by atoms with Gasteiger partial charge in [0.05, 0.1) is 4.92 Å². The predicted octanol–water partition coefficient (Wildman–Crippen LogP) is 3.61. The lowest BCUT2D eigenvalue weighted by molar-refractivity contribution is -0.385. The second-order valence-electron chi connectivity index (χ2n) is 5.75. The zero-order chi connectivity index (χ0) is 16.2. The van der Waals surface area contributed by atoms with Gasteiger partial charge in [0.25, 0.3) is 11.6 Å². The Morgan fingerprint density at radius 3 is 2.26 bits per heavy atom. The molecule has 0 bridgehead atoms. The minimum absolute atomic E-state index is 0.123. The summed E-state index contributed by atoms with van der Waals surface area (Å²) in [7, 11) is 0. The van der Waals surface area contributed by atoms with Crippen LogP contribution in [0.1, 0.15) is 34.7 Å². The lowest BCUT2D eigenvalue weighted by Gasteiger charge is -2.32. The lowest BCUT2D eigenvalue weighted by atomic mass is 9.89. The number of nitro groups is 1. The number of benzene rings is 2. The Balaban J connectivity index is 1.71. The molecule has 0 N–H and O–H groups in total. The van der Waals surface area contributed by atoms with Crippen molar-refractivity contribution >= 4 is 11.6 Å². The summed E-state index contributed by atoms with van der Waals surface area (Å²) in [5.74, 6) is 0.204. The van der Waals surface area contributed by atoms with E-state index in [-0.39, 0.29) is 17.2 Å². The molecule has 118 valence electrons. The van der Waals surface area contributed by atoms with Crippen LogP contribution in [0, 0.1) is 10.1 Å². The predicted molar refractivity (Wildman–Crippen MR) is 87.4 cm³/mol. The first-order valence-electron chi connectivity index (χ1n) is 7.74. The van der Waals surface area contributed by atoms with E-state index in [0.29, 0.717) is 19.0 Å². The largest absolute Gasteiger partial charge is 0.338 e. The average Bonchev–Trinajstić information content (AvgIpc) is 2.62. The maximum atomic E-state index is 12.6. The highest BCUT2D eigenvalue weighted by Crippen LogP contribution is 2.29. The van der Waals surface area contributed by atoms with Crippen LogP contribution >= 0.6 is 0 Å². The molecular weight excluding hydrogens is 292 g/mol. The number of piperidine rings is 1. The summed E-state index contributed by atoms with van der Waals surface area (Å²) < 4.78 is 0. The number of likely N-dealkylation sites (tertiary alicyclic amines) is 1. The quantitative estimate of drug-likeness (QED) is 0.642. The summed E-state index contributed by atoms with van der Waals surface area (Å²) >= 11 is 0. The molecular formula is C18H18N2O3. The SMILES string of the molecule is O=C(c1ccccc1[N+](=O)[O-])N1CCC(c2ccccc2)CC1. The standard InChI is InChI=1S/C18H18N2O3/c21-18(16-8-4-5-9-17(16)20(22)23)19-12-10-15(11-13-19)14-6-2-1-3-7-14/h1-9,15H,10-13H2. The van der Waals surface area contributed by atoms with E-state index in [1.54, 1.807) is 17.0 Å². The van der Waals surface area contributed by atoms with Gasteiger partial charge in [-0.2, -0.15) is 0 Å². The van der Waals surface area contributed by atoms with Crippen molar-refractivity contribution in [2.45, 2.75) is 18.8 Å². The van der Waals surface area contributed by atoms with E-state index in [1.165, 1.54) is 17.7 Å². The molecule has 0 unspecified atom stereocenters. The number of nitro benzene ring substituents is 1. The zero-order valence-corrected chi connectivity index (χ0v) is 12.7. The van der Waals surface area contributed by atoms with Crippen LogP contribution in [0.5, 0.6) is 0 Å². The molecule has 1 aliphatic rings. The second kappa shape index (κ2) is 6.60. The Bertz CT molecular complexity index is 707. The highest BCUT2D eigenvalue weighted by molar-refractivity contribution is 5.98. The van der Waals surface area contributed by atoms with Crippen LogP contribution < -0.4 is 0 Å². The van der Waals surface area contributed by atoms with E-state index in [9.17, 15) is 14.9 Å². The lowest BCUT2D eigenvalue weighted by Crippen LogP contribution is -2.38. The molecule has 0 aliphatic carbocycles. The van der Waals surface area contributed by atoms with Crippen LogP contribution in [0.15, 0.2) is 54.6 Å². The van der Waals surface area contributed by atoms with Crippen molar-refractivity contribution in [3.8, 4) is 0 Å². The van der Waals surface area contributed by atoms with Crippen LogP contribution in [-0.4, -0.2) is 28.8 Å². The number of para-hydroxylation sites is 1. The molecule has 2 aromatic rings. The Morgan fingerprint density at radius 2 is 1.61 bits per heavy atom. The molecule has 1 fully saturated rings. The van der Waals surface area contributed by atoms with Crippen molar-refractivity contribution in [2.24, 2.45) is 0 Å². The summed E-state index contributed by atoms with van der Waals surface area (Å²) in [4.78, 5) is 24.9. The average molecular weight is 310 g/mol. The molecule has 1 aliphatic heterocycles. The summed E-state index contributed by atoms with van der Waals surface area (Å²) in [5, 5.41) is 11.1. The maximum Gasteiger partial charge on any atom is 0.282 e. The van der Waals surface area contributed by atoms with E-state index in [2.05, 4.69) is 12.1 Å². The summed E-state index contributed by atoms with van der Waals surface area (Å²) in [5.41, 5.74) is 1.35. The molecule has 5 nitrogen and oxygen atoms in total. The molecule has 0 radical (unpaired) electrons. The molecule has 0 spiro atoms. The Kier molecular flexibility index (Phi) is 4.37. The van der Waals surface area contributed by atoms with Crippen molar-refractivity contribution in [2.75, 3.05) is 13.1 Å². The molecule has 1 amide bonds. The third kappa shape index (κ3) is 3.23. The van der Waals surface area contributed by atoms with Gasteiger partial charge in [-0.15, -0.1) is 0 Å². The number of carbonyl (C=O) groups is 1. The monoisotopic (exact) mass is 310 g/mol. The fraction of sp³-hybridized carbons (Fsp3) is 0.278. The molecule has 1 saturated heterocycles. The van der Waals surface area contributed by atoms with Gasteiger partial charge in [0.1, 0.15) is 5.56 Å². The van der Waals surface area contributed by atoms with E-state index in [4.69, 9.17) is 0 Å². The third-order valence-electron chi connectivity index (χ3n) is 4.38. The highest BCUT2D eigenvalue weighted by Gasteiger charge is 2.28. The van der Waals surface area contributed by atoms with Gasteiger partial charge in [-0.3, -0.25) is 14.9 Å². The molecule has 23 heavy (non-hydrogen) atoms. The number of rotatable bonds is 3. The van der Waals surface area contributed by atoms with Gasteiger partial charge in [-0.05, 0) is 30.4 Å². The van der Waals surface area contributed by atoms with Gasteiger partial charge in [-0.1, -0.05) is 42.5 Å². The van der Waals surface area contributed by atoms with Crippen molar-refractivity contribution in [3.05, 3.63) is 75.8 Å². The maximum absolute atomic E-state index is 12.6. The van der Waals surface area contributed by atoms with Crippen molar-refractivity contribution in [3.63, 3.8) is 0 Å². The Hall–Kier alpha value is -2.69. The highest BCUT2D eigenvalue weighted by atomic mass is 16.6. The summed E-state index contributed by atoms with van der Waals surface area (Å²) in [6, 6.07) is 16.4. The van der Waals surface area contributed by atoms with Gasteiger partial charge in [-0.25, -0.2) is 0 Å². The minimum Gasteiger partial charge on any atom is -0.338 e. The van der Waals surface area contributed by atoms with E-state index < -0.39 is 4.92 Å². The van der Waals surface area contributed by atoms with Gasteiger partial charge < -0.3 is 4.90 Å². The van der Waals surface area contributed by atoms with E-state index >= 15 is 0 Å². The van der Waals surface area contributed by atoms with Crippen LogP contribution in [0.3, 0.4) is 0 Å². The van der Waals surface area contributed by atoms with Crippen LogP contribution in [0.25, 0.3) is 0 Å². The van der Waals surface area contributed by atoms with Gasteiger partial charge in [0.15, 0.2) is 0 Å². The molecule has 0 saturated carbocycles. The number of nitrogens with zero attached hydrogens (tertiary/aromatic N) is 2. The van der Waals surface area contributed by atoms with E-state index in [1.807, 2.05) is 18.2 Å². The smallest absolute Gasteiger partial charge is 0.282 e. The molecule has 2 aromatic carbocycles. The zero-order valence-electron chi connectivity index (χ0n) is 12.7. The topological polar surface area (TPSA) is 63.4 Å². The molecule has 1 heterocycles. The molecule has 5 heteroatoms. The third-order valence-corrected chi connectivity index (χ3v) is 4.38. The van der Waals surface area contributed by atoms with Gasteiger partial charge in [0, 0.05) is 19.2 Å². The van der Waals surface area contributed by atoms with Gasteiger partial charge >= 0.3 is 0 Å². The van der Waals surface area contributed by atoms with Crippen molar-refractivity contribution in [1.29, 1.82) is 0 Å². The van der Waals surface area contributed by atoms with Crippen LogP contribution in [-0.2, 0) is 0 Å². The normalized spacial score (nSPS) is 15.4. The van der Waals surface area contributed by atoms with Crippen LogP contribution in [0.2, 0.25) is 0 Å². The minimum atomic E-state index is -0.496. The second-order valence-corrected chi connectivity index (χ2v) is 5.75. The fourth-order valence-electron chi connectivity index (χ4n) is 3.13. The number of carbonyl (C=O) groups excluding carboxylic acids is 1. The summed E-state index contributed by atoms with van der Waals surface area (Å²) in [6.45, 7) is 1.26. The van der Waals surface area contributed by atoms with Crippen LogP contribution in [0.4, 0.5) is 5.69 Å². The van der Waals surface area contributed by atoms with Gasteiger partial charge in [0.2, 0.25) is 0 Å². The number of hydrogen-bond donors (Lipinski definition) is 0. The summed E-state index contributed by atoms with van der Waals surface area (Å²) in [6.07, 6.45) is 1.77. The van der Waals surface area contributed by atoms with Crippen molar-refractivity contribution < 1.29 is 9.72 Å². The van der Waals surface area contributed by atoms with E-state index in [0.717, 1.165) is 12.8 Å². The number of hydrogen-bond acceptors (Lipinski definition) is 3. The molecule has 3 rings (SSSR count). The molecule has 0 aromatic heterocycles. The molecule has 0 atom stereocenters.